The Morgan fingerprint density at radius 3 is 1.62 bits per heavy atom. The predicted molar refractivity (Wildman–Crippen MR) is 243 cm³/mol. The number of nitrogens with zero attached hydrogens (tertiary/aromatic N) is 3. The molecule has 3 heteroatoms. The molecular formula is C55H33N3. The molecule has 0 fully saturated rings. The molecule has 0 spiro atoms. The Kier molecular flexibility index (Phi) is 6.44. The van der Waals surface area contributed by atoms with Crippen molar-refractivity contribution in [3.05, 3.63) is 200 Å². The zero-order valence-corrected chi connectivity index (χ0v) is 31.4. The maximum Gasteiger partial charge on any atom is 0.0800 e. The zero-order valence-electron chi connectivity index (χ0n) is 31.4. The molecule has 1 aliphatic rings. The average molecular weight is 736 g/mol. The van der Waals surface area contributed by atoms with Gasteiger partial charge >= 0.3 is 0 Å². The maximum absolute atomic E-state index is 5.34. The van der Waals surface area contributed by atoms with Crippen LogP contribution in [0.15, 0.2) is 200 Å². The highest BCUT2D eigenvalue weighted by Crippen LogP contribution is 2.47. The Labute approximate surface area is 334 Å². The van der Waals surface area contributed by atoms with E-state index < -0.39 is 0 Å². The van der Waals surface area contributed by atoms with Crippen molar-refractivity contribution in [3.8, 4) is 56.1 Å². The van der Waals surface area contributed by atoms with Gasteiger partial charge in [0.25, 0.3) is 0 Å². The molecule has 0 radical (unpaired) electrons. The number of fused-ring (bicyclic) bond motifs is 10. The molecule has 3 heterocycles. The fraction of sp³-hybridized carbons (Fsp3) is 0. The van der Waals surface area contributed by atoms with Gasteiger partial charge < -0.3 is 9.13 Å². The minimum Gasteiger partial charge on any atom is -0.309 e. The Morgan fingerprint density at radius 1 is 0.310 bits per heavy atom. The number of benzene rings is 9. The van der Waals surface area contributed by atoms with Gasteiger partial charge in [-0.15, -0.1) is 0 Å². The minimum atomic E-state index is 0.985. The molecule has 0 aliphatic heterocycles. The summed E-state index contributed by atoms with van der Waals surface area (Å²) in [5.74, 6) is 0. The van der Waals surface area contributed by atoms with Gasteiger partial charge in [0.05, 0.1) is 33.5 Å². The van der Waals surface area contributed by atoms with Crippen molar-refractivity contribution in [3.63, 3.8) is 0 Å². The Balaban J connectivity index is 0.945. The summed E-state index contributed by atoms with van der Waals surface area (Å²) >= 11 is 0. The standard InChI is InChI=1S/C55H33N3/c1-2-12-35-29-41(26-23-34(35)11-1)58-51-22-8-6-18-44(51)48-32-37(25-28-53(48)58)36-24-27-52-47(31-36)43-17-5-7-21-50(43)57(52)40-15-9-13-38(30-40)49-33-39-14-10-20-45-42-16-3-4-19-46(42)55(56-49)54(39)45/h1-33H. The molecule has 0 saturated carbocycles. The first-order valence-corrected chi connectivity index (χ1v) is 20.0. The molecule has 268 valence electrons. The third kappa shape index (κ3) is 4.47. The lowest BCUT2D eigenvalue weighted by molar-refractivity contribution is 1.18. The van der Waals surface area contributed by atoms with Crippen LogP contribution in [0.4, 0.5) is 0 Å². The van der Waals surface area contributed by atoms with E-state index in [4.69, 9.17) is 4.98 Å². The molecule has 12 aromatic rings. The zero-order chi connectivity index (χ0) is 37.9. The molecule has 1 aliphatic carbocycles. The van der Waals surface area contributed by atoms with E-state index in [1.807, 2.05) is 0 Å². The number of rotatable bonds is 4. The number of hydrogen-bond acceptors (Lipinski definition) is 1. The first kappa shape index (κ1) is 31.5. The average Bonchev–Trinajstić information content (AvgIpc) is 3.92. The molecule has 3 nitrogen and oxygen atoms in total. The van der Waals surface area contributed by atoms with Gasteiger partial charge in [-0.25, -0.2) is 4.98 Å². The molecule has 3 aromatic heterocycles. The highest BCUT2D eigenvalue weighted by atomic mass is 15.0. The van der Waals surface area contributed by atoms with Gasteiger partial charge in [-0.3, -0.25) is 0 Å². The van der Waals surface area contributed by atoms with Crippen molar-refractivity contribution in [1.29, 1.82) is 0 Å². The third-order valence-electron chi connectivity index (χ3n) is 12.4. The topological polar surface area (TPSA) is 22.8 Å². The van der Waals surface area contributed by atoms with Crippen LogP contribution >= 0.6 is 0 Å². The quantitative estimate of drug-likeness (QED) is 0.176. The van der Waals surface area contributed by atoms with Gasteiger partial charge in [-0.1, -0.05) is 133 Å². The maximum atomic E-state index is 5.34. The second-order valence-electron chi connectivity index (χ2n) is 15.6. The van der Waals surface area contributed by atoms with Gasteiger partial charge in [0.15, 0.2) is 0 Å². The molecule has 0 atom stereocenters. The van der Waals surface area contributed by atoms with E-state index >= 15 is 0 Å². The SMILES string of the molecule is c1cc(-c2cc3cccc4c3c(n2)-c2ccccc2-4)cc(-n2c3ccccc3c3cc(-c4ccc5c(c4)c4ccccc4n5-c4ccc5ccccc5c4)ccc32)c1. The van der Waals surface area contributed by atoms with E-state index in [0.29, 0.717) is 0 Å². The van der Waals surface area contributed by atoms with E-state index in [0.717, 1.165) is 22.6 Å². The lowest BCUT2D eigenvalue weighted by Crippen LogP contribution is -1.95. The van der Waals surface area contributed by atoms with Crippen molar-refractivity contribution < 1.29 is 0 Å². The lowest BCUT2D eigenvalue weighted by Gasteiger charge is -2.12. The van der Waals surface area contributed by atoms with E-state index in [2.05, 4.69) is 209 Å². The summed E-state index contributed by atoms with van der Waals surface area (Å²) in [6.45, 7) is 0. The van der Waals surface area contributed by atoms with E-state index in [1.165, 1.54) is 98.7 Å². The number of pyridine rings is 1. The van der Waals surface area contributed by atoms with Crippen molar-refractivity contribution in [2.24, 2.45) is 0 Å². The molecule has 0 saturated heterocycles. The molecule has 0 bridgehead atoms. The van der Waals surface area contributed by atoms with Crippen molar-refractivity contribution in [2.75, 3.05) is 0 Å². The summed E-state index contributed by atoms with van der Waals surface area (Å²) in [5.41, 5.74) is 16.4. The van der Waals surface area contributed by atoms with Crippen LogP contribution in [-0.2, 0) is 0 Å². The summed E-state index contributed by atoms with van der Waals surface area (Å²) in [5, 5.41) is 9.94. The highest BCUT2D eigenvalue weighted by molar-refractivity contribution is 6.15. The normalized spacial score (nSPS) is 12.1. The van der Waals surface area contributed by atoms with Gasteiger partial charge in [-0.05, 0) is 105 Å². The molecular weight excluding hydrogens is 703 g/mol. The number of aromatic nitrogens is 3. The second-order valence-corrected chi connectivity index (χ2v) is 15.6. The van der Waals surface area contributed by atoms with Crippen molar-refractivity contribution in [2.45, 2.75) is 0 Å². The smallest absolute Gasteiger partial charge is 0.0800 e. The van der Waals surface area contributed by atoms with Crippen molar-refractivity contribution >= 4 is 65.2 Å². The van der Waals surface area contributed by atoms with Gasteiger partial charge in [0.1, 0.15) is 0 Å². The fourth-order valence-electron chi connectivity index (χ4n) is 9.78. The van der Waals surface area contributed by atoms with Crippen LogP contribution < -0.4 is 0 Å². The number of hydrogen-bond donors (Lipinski definition) is 0. The summed E-state index contributed by atoms with van der Waals surface area (Å²) in [6.07, 6.45) is 0. The van der Waals surface area contributed by atoms with E-state index in [-0.39, 0.29) is 0 Å². The lowest BCUT2D eigenvalue weighted by atomic mass is 10.0. The van der Waals surface area contributed by atoms with Gasteiger partial charge in [0, 0.05) is 49.4 Å². The molecule has 0 unspecified atom stereocenters. The largest absolute Gasteiger partial charge is 0.309 e. The summed E-state index contributed by atoms with van der Waals surface area (Å²) in [6, 6.07) is 73.2. The summed E-state index contributed by atoms with van der Waals surface area (Å²) < 4.78 is 4.82. The van der Waals surface area contributed by atoms with Crippen molar-refractivity contribution in [1.82, 2.24) is 14.1 Å². The summed E-state index contributed by atoms with van der Waals surface area (Å²) in [4.78, 5) is 5.34. The Bertz CT molecular complexity index is 3690. The van der Waals surface area contributed by atoms with Crippen LogP contribution in [0.3, 0.4) is 0 Å². The summed E-state index contributed by atoms with van der Waals surface area (Å²) in [7, 11) is 0. The molecule has 58 heavy (non-hydrogen) atoms. The highest BCUT2D eigenvalue weighted by Gasteiger charge is 2.23. The second kappa shape index (κ2) is 11.9. The van der Waals surface area contributed by atoms with Crippen LogP contribution in [0.25, 0.3) is 121 Å². The van der Waals surface area contributed by atoms with Crippen LogP contribution in [0.5, 0.6) is 0 Å². The van der Waals surface area contributed by atoms with Gasteiger partial charge in [0.2, 0.25) is 0 Å². The molecule has 0 N–H and O–H groups in total. The molecule has 0 amide bonds. The third-order valence-corrected chi connectivity index (χ3v) is 12.4. The monoisotopic (exact) mass is 735 g/mol. The van der Waals surface area contributed by atoms with Crippen LogP contribution in [-0.4, -0.2) is 14.1 Å². The first-order chi connectivity index (χ1) is 28.7. The molecule has 13 rings (SSSR count). The predicted octanol–water partition coefficient (Wildman–Crippen LogP) is 14.6. The fourth-order valence-corrected chi connectivity index (χ4v) is 9.78. The Morgan fingerprint density at radius 2 is 0.879 bits per heavy atom. The Hall–Kier alpha value is -7.75. The van der Waals surface area contributed by atoms with E-state index in [1.54, 1.807) is 0 Å². The minimum absolute atomic E-state index is 0.985. The van der Waals surface area contributed by atoms with Crippen LogP contribution in [0.1, 0.15) is 0 Å². The van der Waals surface area contributed by atoms with E-state index in [9.17, 15) is 0 Å². The molecule has 9 aromatic carbocycles. The first-order valence-electron chi connectivity index (χ1n) is 20.0. The van der Waals surface area contributed by atoms with Crippen LogP contribution in [0, 0.1) is 0 Å². The van der Waals surface area contributed by atoms with Crippen LogP contribution in [0.2, 0.25) is 0 Å². The van der Waals surface area contributed by atoms with Gasteiger partial charge in [-0.2, -0.15) is 0 Å². The number of para-hydroxylation sites is 2.